The van der Waals surface area contributed by atoms with Crippen LogP contribution in [0.4, 0.5) is 5.69 Å². The van der Waals surface area contributed by atoms with Crippen molar-refractivity contribution in [3.05, 3.63) is 42.4 Å². The van der Waals surface area contributed by atoms with Crippen LogP contribution in [-0.2, 0) is 0 Å². The summed E-state index contributed by atoms with van der Waals surface area (Å²) in [5.74, 6) is 1.55. The lowest BCUT2D eigenvalue weighted by molar-refractivity contribution is 0.371. The maximum absolute atomic E-state index is 5.87. The number of nitrogens with one attached hydrogen (secondary N) is 2. The first-order chi connectivity index (χ1) is 11.2. The molecule has 3 heterocycles. The maximum Gasteiger partial charge on any atom is 0.109 e. The molecule has 1 aromatic rings. The molecule has 2 atom stereocenters. The van der Waals surface area contributed by atoms with Crippen molar-refractivity contribution in [2.45, 2.75) is 31.7 Å². The van der Waals surface area contributed by atoms with Crippen molar-refractivity contribution >= 4 is 18.1 Å². The van der Waals surface area contributed by atoms with Gasteiger partial charge < -0.3 is 21.5 Å². The van der Waals surface area contributed by atoms with E-state index in [-0.39, 0.29) is 17.9 Å². The Hall–Kier alpha value is -2.15. The molecule has 0 saturated carbocycles. The molecule has 0 radical (unpaired) electrons. The van der Waals surface area contributed by atoms with Crippen LogP contribution in [0.2, 0.25) is 0 Å². The maximum atomic E-state index is 5.87. The summed E-state index contributed by atoms with van der Waals surface area (Å²) >= 11 is 0. The molecule has 4 rings (SSSR count). The van der Waals surface area contributed by atoms with Gasteiger partial charge in [-0.2, -0.15) is 0 Å². The van der Waals surface area contributed by atoms with Crippen molar-refractivity contribution in [1.82, 2.24) is 20.3 Å². The second-order valence-electron chi connectivity index (χ2n) is 6.41. The van der Waals surface area contributed by atoms with Crippen LogP contribution >= 0.6 is 12.4 Å². The van der Waals surface area contributed by atoms with Crippen molar-refractivity contribution in [2.75, 3.05) is 12.3 Å². The van der Waals surface area contributed by atoms with Gasteiger partial charge in [0.15, 0.2) is 0 Å². The minimum atomic E-state index is 0. The van der Waals surface area contributed by atoms with Crippen LogP contribution in [-0.4, -0.2) is 33.0 Å². The number of aromatic amines is 1. The topological polar surface area (TPSA) is 111 Å². The van der Waals surface area contributed by atoms with E-state index in [9.17, 15) is 0 Å². The number of piperidine rings is 1. The predicted octanol–water partition coefficient (Wildman–Crippen LogP) is 2.61. The Bertz CT molecular complexity index is 806. The van der Waals surface area contributed by atoms with Crippen LogP contribution in [0.15, 0.2) is 36.5 Å². The second-order valence-corrected chi connectivity index (χ2v) is 6.41. The molecular weight excluding hydrogens is 338 g/mol. The first-order valence-electron chi connectivity index (χ1n) is 8.14. The average Bonchev–Trinajstić information content (AvgIpc) is 2.98. The van der Waals surface area contributed by atoms with Crippen molar-refractivity contribution in [2.24, 2.45) is 0 Å². The molecule has 3 aliphatic rings. The Morgan fingerprint density at radius 3 is 2.80 bits per heavy atom. The summed E-state index contributed by atoms with van der Waals surface area (Å²) in [6, 6.07) is 10.4. The van der Waals surface area contributed by atoms with Gasteiger partial charge in [-0.1, -0.05) is 12.1 Å². The monoisotopic (exact) mass is 361 g/mol. The third kappa shape index (κ3) is 3.92. The molecular formula is C18H24ClN5O. The first kappa shape index (κ1) is 19.2. The molecule has 2 unspecified atom stereocenters. The van der Waals surface area contributed by atoms with E-state index in [1.165, 1.54) is 0 Å². The zero-order valence-corrected chi connectivity index (χ0v) is 14.9. The highest BCUT2D eigenvalue weighted by molar-refractivity contribution is 5.85. The number of halogens is 1. The highest BCUT2D eigenvalue weighted by atomic mass is 35.5. The van der Waals surface area contributed by atoms with Crippen molar-refractivity contribution < 1.29 is 5.48 Å². The van der Waals surface area contributed by atoms with Gasteiger partial charge in [0.2, 0.25) is 0 Å². The number of nitrogens with zero attached hydrogens (tertiary/aromatic N) is 2. The SMILES string of the molecule is CC1CC(c2ncc3nc(-c4cccc(N)c4)cc-3[nH]2)CCN1.Cl.O. The normalized spacial score (nSPS) is 19.9. The van der Waals surface area contributed by atoms with E-state index in [1.54, 1.807) is 0 Å². The largest absolute Gasteiger partial charge is 0.412 e. The number of rotatable bonds is 2. The Labute approximate surface area is 153 Å². The molecule has 25 heavy (non-hydrogen) atoms. The smallest absolute Gasteiger partial charge is 0.109 e. The van der Waals surface area contributed by atoms with E-state index in [4.69, 9.17) is 5.73 Å². The summed E-state index contributed by atoms with van der Waals surface area (Å²) in [6.45, 7) is 3.28. The van der Waals surface area contributed by atoms with Gasteiger partial charge in [0.05, 0.1) is 17.6 Å². The van der Waals surface area contributed by atoms with Crippen LogP contribution < -0.4 is 11.1 Å². The second kappa shape index (κ2) is 7.82. The Balaban J connectivity index is 0.00000113. The number of anilines is 1. The van der Waals surface area contributed by atoms with Gasteiger partial charge in [-0.25, -0.2) is 9.97 Å². The van der Waals surface area contributed by atoms with E-state index >= 15 is 0 Å². The zero-order valence-electron chi connectivity index (χ0n) is 14.1. The van der Waals surface area contributed by atoms with E-state index in [1.807, 2.05) is 30.5 Å². The van der Waals surface area contributed by atoms with Gasteiger partial charge in [0, 0.05) is 23.2 Å². The highest BCUT2D eigenvalue weighted by Crippen LogP contribution is 2.31. The summed E-state index contributed by atoms with van der Waals surface area (Å²) in [5, 5.41) is 3.48. The summed E-state index contributed by atoms with van der Waals surface area (Å²) in [4.78, 5) is 12.8. The molecule has 3 aliphatic heterocycles. The van der Waals surface area contributed by atoms with Crippen LogP contribution in [0.5, 0.6) is 0 Å². The lowest BCUT2D eigenvalue weighted by Crippen LogP contribution is -2.35. The van der Waals surface area contributed by atoms with Crippen molar-refractivity contribution in [3.63, 3.8) is 0 Å². The first-order valence-corrected chi connectivity index (χ1v) is 8.14. The van der Waals surface area contributed by atoms with Crippen molar-refractivity contribution in [1.29, 1.82) is 0 Å². The fraction of sp³-hybridized carbons (Fsp3) is 0.333. The zero-order chi connectivity index (χ0) is 15.8. The molecule has 7 heteroatoms. The summed E-state index contributed by atoms with van der Waals surface area (Å²) in [7, 11) is 0. The number of nitrogens with two attached hydrogens (primary N) is 1. The minimum Gasteiger partial charge on any atom is -0.412 e. The summed E-state index contributed by atoms with van der Waals surface area (Å²) < 4.78 is 0. The van der Waals surface area contributed by atoms with E-state index < -0.39 is 0 Å². The number of hydrogen-bond acceptors (Lipinski definition) is 4. The Kier molecular flexibility index (Phi) is 6.00. The van der Waals surface area contributed by atoms with Gasteiger partial charge in [0.25, 0.3) is 0 Å². The van der Waals surface area contributed by atoms with Gasteiger partial charge >= 0.3 is 0 Å². The van der Waals surface area contributed by atoms with Crippen molar-refractivity contribution in [3.8, 4) is 22.6 Å². The third-order valence-electron chi connectivity index (χ3n) is 4.58. The molecule has 0 bridgehead atoms. The average molecular weight is 362 g/mol. The van der Waals surface area contributed by atoms with Crippen LogP contribution in [0.25, 0.3) is 22.6 Å². The molecule has 0 amide bonds. The standard InChI is InChI=1S/C18H21N5.ClH.H2O/c1-11-7-13(5-6-20-11)18-21-10-17-16(23-18)9-15(22-17)12-3-2-4-14(19)8-12;;/h2-4,8-11,13,20H,5-7,19H2,1H3,(H,21,23);1H;1H2. The Morgan fingerprint density at radius 2 is 2.04 bits per heavy atom. The highest BCUT2D eigenvalue weighted by Gasteiger charge is 2.23. The summed E-state index contributed by atoms with van der Waals surface area (Å²) in [6.07, 6.45) is 4.12. The third-order valence-corrected chi connectivity index (χ3v) is 4.58. The van der Waals surface area contributed by atoms with Gasteiger partial charge in [-0.05, 0) is 44.5 Å². The quantitative estimate of drug-likeness (QED) is 0.609. The molecule has 1 saturated heterocycles. The summed E-state index contributed by atoms with van der Waals surface area (Å²) in [5.41, 5.74) is 10.5. The van der Waals surface area contributed by atoms with Gasteiger partial charge in [-0.15, -0.1) is 12.4 Å². The molecule has 134 valence electrons. The number of hydrogen-bond donors (Lipinski definition) is 3. The number of fused-ring (bicyclic) bond motifs is 1. The van der Waals surface area contributed by atoms with Gasteiger partial charge in [0.1, 0.15) is 11.5 Å². The number of H-pyrrole nitrogens is 1. The lowest BCUT2D eigenvalue weighted by Gasteiger charge is -2.27. The molecule has 6 N–H and O–H groups in total. The number of aromatic nitrogens is 3. The van der Waals surface area contributed by atoms with Crippen LogP contribution in [0.1, 0.15) is 31.5 Å². The number of nitrogen functional groups attached to an aromatic ring is 1. The predicted molar refractivity (Wildman–Crippen MR) is 103 cm³/mol. The molecule has 1 fully saturated rings. The van der Waals surface area contributed by atoms with E-state index in [0.717, 1.165) is 53.5 Å². The van der Waals surface area contributed by atoms with Gasteiger partial charge in [-0.3, -0.25) is 0 Å². The molecule has 6 nitrogen and oxygen atoms in total. The molecule has 0 spiro atoms. The molecule has 0 aliphatic carbocycles. The Morgan fingerprint density at radius 1 is 1.20 bits per heavy atom. The van der Waals surface area contributed by atoms with Crippen LogP contribution in [0.3, 0.4) is 0 Å². The van der Waals surface area contributed by atoms with E-state index in [0.29, 0.717) is 12.0 Å². The minimum absolute atomic E-state index is 0. The lowest BCUT2D eigenvalue weighted by atomic mass is 9.92. The fourth-order valence-electron chi connectivity index (χ4n) is 3.37. The fourth-order valence-corrected chi connectivity index (χ4v) is 3.37. The molecule has 1 aromatic carbocycles. The number of benzene rings is 1. The molecule has 0 aromatic heterocycles. The van der Waals surface area contributed by atoms with Crippen LogP contribution in [0, 0.1) is 0 Å². The van der Waals surface area contributed by atoms with E-state index in [2.05, 4.69) is 33.3 Å².